The lowest BCUT2D eigenvalue weighted by molar-refractivity contribution is 0.475. The quantitative estimate of drug-likeness (QED) is 0.878. The topological polar surface area (TPSA) is 37.2 Å². The van der Waals surface area contributed by atoms with Gasteiger partial charge in [-0.05, 0) is 43.7 Å². The Morgan fingerprint density at radius 3 is 2.41 bits per heavy atom. The van der Waals surface area contributed by atoms with Crippen LogP contribution in [-0.4, -0.2) is 9.78 Å². The molecule has 1 aromatic carbocycles. The van der Waals surface area contributed by atoms with Gasteiger partial charge in [0.15, 0.2) is 0 Å². The van der Waals surface area contributed by atoms with Crippen LogP contribution in [-0.2, 0) is 6.54 Å². The van der Waals surface area contributed by atoms with Crippen LogP contribution >= 0.6 is 11.6 Å². The zero-order chi connectivity index (χ0) is 12.4. The molecule has 0 spiro atoms. The molecule has 2 N–H and O–H groups in total. The molecule has 1 heterocycles. The summed E-state index contributed by atoms with van der Waals surface area (Å²) in [6.07, 6.45) is 0. The highest BCUT2D eigenvalue weighted by Gasteiger charge is 2.02. The number of phenolic OH excluding ortho intramolecular Hbond substituents is 1. The fourth-order valence-corrected chi connectivity index (χ4v) is 1.95. The third-order valence-electron chi connectivity index (χ3n) is 2.72. The van der Waals surface area contributed by atoms with Gasteiger partial charge in [-0.25, -0.2) is 0 Å². The van der Waals surface area contributed by atoms with E-state index in [2.05, 4.69) is 17.6 Å². The highest BCUT2D eigenvalue weighted by atomic mass is 35.5. The molecule has 0 unspecified atom stereocenters. The maximum Gasteiger partial charge on any atom is 0.134 e. The van der Waals surface area contributed by atoms with E-state index in [-0.39, 0.29) is 5.75 Å². The van der Waals surface area contributed by atoms with E-state index in [1.165, 1.54) is 0 Å². The number of aryl methyl sites for hydroxylation is 2. The van der Waals surface area contributed by atoms with Crippen molar-refractivity contribution in [2.75, 3.05) is 5.43 Å². The third kappa shape index (κ3) is 2.56. The Kier molecular flexibility index (Phi) is 3.29. The molecule has 0 aliphatic carbocycles. The molecule has 4 heteroatoms. The number of nitrogens with zero attached hydrogens (tertiary/aromatic N) is 1. The lowest BCUT2D eigenvalue weighted by Gasteiger charge is -2.13. The molecule has 1 aromatic heterocycles. The highest BCUT2D eigenvalue weighted by Crippen LogP contribution is 2.23. The number of halogens is 1. The van der Waals surface area contributed by atoms with Crippen molar-refractivity contribution in [2.24, 2.45) is 0 Å². The zero-order valence-corrected chi connectivity index (χ0v) is 10.6. The van der Waals surface area contributed by atoms with Gasteiger partial charge < -0.3 is 10.5 Å². The molecule has 3 nitrogen and oxygen atoms in total. The summed E-state index contributed by atoms with van der Waals surface area (Å²) in [5.74, 6) is 0.115. The van der Waals surface area contributed by atoms with Crippen molar-refractivity contribution in [1.82, 2.24) is 4.68 Å². The monoisotopic (exact) mass is 250 g/mol. The second-order valence-corrected chi connectivity index (χ2v) is 4.48. The van der Waals surface area contributed by atoms with E-state index in [9.17, 15) is 5.11 Å². The first-order valence-corrected chi connectivity index (χ1v) is 5.82. The second-order valence-electron chi connectivity index (χ2n) is 4.07. The van der Waals surface area contributed by atoms with Crippen LogP contribution in [0.5, 0.6) is 5.75 Å². The van der Waals surface area contributed by atoms with Gasteiger partial charge in [0.05, 0.1) is 11.6 Å². The van der Waals surface area contributed by atoms with Gasteiger partial charge in [0.25, 0.3) is 0 Å². The lowest BCUT2D eigenvalue weighted by atomic mass is 10.2. The smallest absolute Gasteiger partial charge is 0.134 e. The number of hydrogen-bond acceptors (Lipinski definition) is 2. The van der Waals surface area contributed by atoms with Crippen molar-refractivity contribution in [3.8, 4) is 5.75 Å². The molecule has 0 fully saturated rings. The standard InChI is InChI=1S/C13H15ClN2O/c1-9-3-4-10(2)16(9)15-8-11-5-6-13(17)12(14)7-11/h3-7,15,17H,8H2,1-2H3. The maximum atomic E-state index is 9.33. The summed E-state index contributed by atoms with van der Waals surface area (Å²) in [5.41, 5.74) is 6.65. The van der Waals surface area contributed by atoms with Crippen LogP contribution in [0.2, 0.25) is 5.02 Å². The largest absolute Gasteiger partial charge is 0.506 e. The van der Waals surface area contributed by atoms with Gasteiger partial charge in [-0.1, -0.05) is 17.7 Å². The van der Waals surface area contributed by atoms with Crippen LogP contribution in [0.3, 0.4) is 0 Å². The van der Waals surface area contributed by atoms with Crippen LogP contribution in [0, 0.1) is 13.8 Å². The van der Waals surface area contributed by atoms with Crippen LogP contribution in [0.4, 0.5) is 0 Å². The molecule has 0 saturated heterocycles. The van der Waals surface area contributed by atoms with E-state index in [1.54, 1.807) is 12.1 Å². The highest BCUT2D eigenvalue weighted by molar-refractivity contribution is 6.32. The molecule has 17 heavy (non-hydrogen) atoms. The minimum Gasteiger partial charge on any atom is -0.506 e. The Morgan fingerprint density at radius 1 is 1.18 bits per heavy atom. The Balaban J connectivity index is 2.10. The number of nitrogens with one attached hydrogen (secondary N) is 1. The van der Waals surface area contributed by atoms with E-state index >= 15 is 0 Å². The summed E-state index contributed by atoms with van der Waals surface area (Å²) in [5, 5.41) is 9.71. The van der Waals surface area contributed by atoms with Gasteiger partial charge in [-0.3, -0.25) is 4.68 Å². The number of hydrogen-bond donors (Lipinski definition) is 2. The molecule has 2 aromatic rings. The molecular weight excluding hydrogens is 236 g/mol. The predicted octanol–water partition coefficient (Wildman–Crippen LogP) is 3.21. The van der Waals surface area contributed by atoms with Crippen LogP contribution in [0.15, 0.2) is 30.3 Å². The molecule has 0 aliphatic heterocycles. The van der Waals surface area contributed by atoms with Gasteiger partial charge in [0, 0.05) is 11.4 Å². The van der Waals surface area contributed by atoms with Crippen molar-refractivity contribution in [1.29, 1.82) is 0 Å². The Morgan fingerprint density at radius 2 is 1.82 bits per heavy atom. The first-order chi connectivity index (χ1) is 8.08. The zero-order valence-electron chi connectivity index (χ0n) is 9.87. The summed E-state index contributed by atoms with van der Waals surface area (Å²) in [7, 11) is 0. The van der Waals surface area contributed by atoms with Crippen molar-refractivity contribution < 1.29 is 5.11 Å². The average Bonchev–Trinajstić information content (AvgIpc) is 2.61. The van der Waals surface area contributed by atoms with Gasteiger partial charge in [-0.2, -0.15) is 0 Å². The van der Waals surface area contributed by atoms with E-state index in [1.807, 2.05) is 24.6 Å². The molecule has 0 bridgehead atoms. The third-order valence-corrected chi connectivity index (χ3v) is 3.03. The number of phenols is 1. The van der Waals surface area contributed by atoms with E-state index in [0.29, 0.717) is 11.6 Å². The Hall–Kier alpha value is -1.61. The van der Waals surface area contributed by atoms with Crippen LogP contribution in [0.25, 0.3) is 0 Å². The SMILES string of the molecule is Cc1ccc(C)n1NCc1ccc(O)c(Cl)c1. The van der Waals surface area contributed by atoms with Crippen molar-refractivity contribution in [3.63, 3.8) is 0 Å². The van der Waals surface area contributed by atoms with Crippen LogP contribution < -0.4 is 5.43 Å². The first-order valence-electron chi connectivity index (χ1n) is 5.44. The lowest BCUT2D eigenvalue weighted by Crippen LogP contribution is -2.16. The number of aromatic nitrogens is 1. The fourth-order valence-electron chi connectivity index (χ4n) is 1.75. The second kappa shape index (κ2) is 4.72. The Labute approximate surface area is 106 Å². The molecule has 0 amide bonds. The summed E-state index contributed by atoms with van der Waals surface area (Å²) in [4.78, 5) is 0. The molecule has 2 rings (SSSR count). The van der Waals surface area contributed by atoms with Gasteiger partial charge >= 0.3 is 0 Å². The first kappa shape index (κ1) is 11.9. The van der Waals surface area contributed by atoms with Crippen molar-refractivity contribution in [2.45, 2.75) is 20.4 Å². The number of aromatic hydroxyl groups is 1. The maximum absolute atomic E-state index is 9.33. The minimum atomic E-state index is 0.115. The summed E-state index contributed by atoms with van der Waals surface area (Å²) < 4.78 is 2.03. The number of benzene rings is 1. The van der Waals surface area contributed by atoms with E-state index in [4.69, 9.17) is 11.6 Å². The normalized spacial score (nSPS) is 10.5. The summed E-state index contributed by atoms with van der Waals surface area (Å²) in [6, 6.07) is 9.34. The molecule has 90 valence electrons. The van der Waals surface area contributed by atoms with Gasteiger partial charge in [0.2, 0.25) is 0 Å². The predicted molar refractivity (Wildman–Crippen MR) is 70.1 cm³/mol. The Bertz CT molecular complexity index is 515. The van der Waals surface area contributed by atoms with Crippen molar-refractivity contribution in [3.05, 3.63) is 52.3 Å². The average molecular weight is 251 g/mol. The van der Waals surface area contributed by atoms with E-state index in [0.717, 1.165) is 17.0 Å². The minimum absolute atomic E-state index is 0.115. The van der Waals surface area contributed by atoms with Crippen LogP contribution in [0.1, 0.15) is 17.0 Å². The van der Waals surface area contributed by atoms with Crippen molar-refractivity contribution >= 4 is 11.6 Å². The number of rotatable bonds is 3. The molecule has 0 radical (unpaired) electrons. The summed E-state index contributed by atoms with van der Waals surface area (Å²) >= 11 is 5.85. The molecule has 0 aliphatic rings. The molecule has 0 atom stereocenters. The summed E-state index contributed by atoms with van der Waals surface area (Å²) in [6.45, 7) is 4.75. The van der Waals surface area contributed by atoms with E-state index < -0.39 is 0 Å². The molecule has 0 saturated carbocycles. The van der Waals surface area contributed by atoms with Gasteiger partial charge in [-0.15, -0.1) is 0 Å². The molecular formula is C13H15ClN2O. The van der Waals surface area contributed by atoms with Gasteiger partial charge in [0.1, 0.15) is 5.75 Å². The fraction of sp³-hybridized carbons (Fsp3) is 0.231.